The summed E-state index contributed by atoms with van der Waals surface area (Å²) in [5, 5.41) is 19.8. The summed E-state index contributed by atoms with van der Waals surface area (Å²) in [6.45, 7) is 1.51. The Balaban J connectivity index is 1.36. The Morgan fingerprint density at radius 3 is 2.26 bits per heavy atom. The minimum Gasteiger partial charge on any atom is -0.459 e. The van der Waals surface area contributed by atoms with Gasteiger partial charge in [0.25, 0.3) is 17.5 Å². The summed E-state index contributed by atoms with van der Waals surface area (Å²) in [7, 11) is 0. The first-order chi connectivity index (χ1) is 16.9. The van der Waals surface area contributed by atoms with Gasteiger partial charge >= 0.3 is 0 Å². The number of thiocarbonyl (C=S) groups is 1. The SMILES string of the molecule is O=C(NC(=S)Nc1ccc(NC(=O)c2ccco2)cc1)c1ccc(N2CCCCC2)c([N+](=O)[O-])c1. The molecular formula is C24H23N5O5S. The van der Waals surface area contributed by atoms with Crippen molar-refractivity contribution < 1.29 is 18.9 Å². The molecule has 3 aromatic rings. The van der Waals surface area contributed by atoms with Gasteiger partial charge in [0.1, 0.15) is 5.69 Å². The molecule has 1 aromatic heterocycles. The van der Waals surface area contributed by atoms with E-state index in [0.29, 0.717) is 17.1 Å². The lowest BCUT2D eigenvalue weighted by molar-refractivity contribution is -0.384. The fourth-order valence-corrected chi connectivity index (χ4v) is 4.00. The maximum atomic E-state index is 12.7. The lowest BCUT2D eigenvalue weighted by Gasteiger charge is -2.28. The molecule has 0 unspecified atom stereocenters. The molecule has 0 radical (unpaired) electrons. The Morgan fingerprint density at radius 2 is 1.63 bits per heavy atom. The van der Waals surface area contributed by atoms with Gasteiger partial charge < -0.3 is 20.0 Å². The summed E-state index contributed by atoms with van der Waals surface area (Å²) in [4.78, 5) is 37.9. The highest BCUT2D eigenvalue weighted by molar-refractivity contribution is 7.80. The maximum Gasteiger partial charge on any atom is 0.293 e. The van der Waals surface area contributed by atoms with Crippen molar-refractivity contribution in [3.63, 3.8) is 0 Å². The molecule has 180 valence electrons. The van der Waals surface area contributed by atoms with Crippen molar-refractivity contribution >= 4 is 51.9 Å². The molecule has 0 spiro atoms. The molecule has 1 saturated heterocycles. The smallest absolute Gasteiger partial charge is 0.293 e. The van der Waals surface area contributed by atoms with Crippen molar-refractivity contribution in [3.05, 3.63) is 82.3 Å². The van der Waals surface area contributed by atoms with E-state index in [0.717, 1.165) is 32.4 Å². The molecule has 4 rings (SSSR count). The van der Waals surface area contributed by atoms with Gasteiger partial charge in [-0.25, -0.2) is 0 Å². The monoisotopic (exact) mass is 493 g/mol. The van der Waals surface area contributed by atoms with Gasteiger partial charge in [-0.05, 0) is 80.0 Å². The van der Waals surface area contributed by atoms with Crippen molar-refractivity contribution in [3.8, 4) is 0 Å². The Labute approximate surface area is 206 Å². The number of carbonyl (C=O) groups excluding carboxylic acids is 2. The molecule has 3 N–H and O–H groups in total. The van der Waals surface area contributed by atoms with Crippen LogP contribution in [0.4, 0.5) is 22.7 Å². The Hall–Kier alpha value is -4.25. The Bertz CT molecular complexity index is 1240. The first-order valence-electron chi connectivity index (χ1n) is 11.0. The number of nitrogens with zero attached hydrogens (tertiary/aromatic N) is 2. The van der Waals surface area contributed by atoms with Crippen LogP contribution in [0, 0.1) is 10.1 Å². The molecule has 1 aliphatic heterocycles. The molecule has 0 bridgehead atoms. The normalized spacial score (nSPS) is 13.1. The number of carbonyl (C=O) groups is 2. The number of rotatable bonds is 6. The first-order valence-corrected chi connectivity index (χ1v) is 11.4. The highest BCUT2D eigenvalue weighted by Gasteiger charge is 2.23. The van der Waals surface area contributed by atoms with Crippen LogP contribution in [0.5, 0.6) is 0 Å². The molecule has 1 fully saturated rings. The highest BCUT2D eigenvalue weighted by atomic mass is 32.1. The highest BCUT2D eigenvalue weighted by Crippen LogP contribution is 2.31. The number of amides is 2. The molecule has 2 aromatic carbocycles. The second kappa shape index (κ2) is 10.8. The van der Waals surface area contributed by atoms with Crippen molar-refractivity contribution in [2.75, 3.05) is 28.6 Å². The summed E-state index contributed by atoms with van der Waals surface area (Å²) >= 11 is 5.21. The molecule has 1 aliphatic rings. The van der Waals surface area contributed by atoms with Gasteiger partial charge in [0.05, 0.1) is 11.2 Å². The third-order valence-corrected chi connectivity index (χ3v) is 5.71. The van der Waals surface area contributed by atoms with E-state index in [2.05, 4.69) is 16.0 Å². The topological polar surface area (TPSA) is 130 Å². The van der Waals surface area contributed by atoms with Gasteiger partial charge in [0.15, 0.2) is 10.9 Å². The molecule has 2 heterocycles. The van der Waals surface area contributed by atoms with Crippen LogP contribution in [-0.2, 0) is 0 Å². The summed E-state index contributed by atoms with van der Waals surface area (Å²) in [5.74, 6) is -0.739. The Morgan fingerprint density at radius 1 is 0.943 bits per heavy atom. The van der Waals surface area contributed by atoms with E-state index in [4.69, 9.17) is 16.6 Å². The lowest BCUT2D eigenvalue weighted by Crippen LogP contribution is -2.34. The number of hydrogen-bond donors (Lipinski definition) is 3. The van der Waals surface area contributed by atoms with Crippen LogP contribution in [-0.4, -0.2) is 34.9 Å². The van der Waals surface area contributed by atoms with E-state index in [9.17, 15) is 19.7 Å². The standard InChI is InChI=1S/C24H23N5O5S/c30-22(16-6-11-19(20(15-16)29(32)33)28-12-2-1-3-13-28)27-24(35)26-18-9-7-17(8-10-18)25-23(31)21-5-4-14-34-21/h4-11,14-15H,1-3,12-13H2,(H,25,31)(H2,26,27,30,35). The van der Waals surface area contributed by atoms with Crippen LogP contribution in [0.1, 0.15) is 40.2 Å². The molecule has 0 aliphatic carbocycles. The maximum absolute atomic E-state index is 12.7. The van der Waals surface area contributed by atoms with E-state index in [1.807, 2.05) is 4.90 Å². The van der Waals surface area contributed by atoms with Gasteiger partial charge in [0, 0.05) is 36.1 Å². The molecule has 11 heteroatoms. The number of nitrogens with one attached hydrogen (secondary N) is 3. The second-order valence-corrected chi connectivity index (χ2v) is 8.33. The number of anilines is 3. The van der Waals surface area contributed by atoms with Crippen molar-refractivity contribution in [2.24, 2.45) is 0 Å². The molecule has 10 nitrogen and oxygen atoms in total. The Kier molecular flexibility index (Phi) is 7.36. The van der Waals surface area contributed by atoms with E-state index >= 15 is 0 Å². The van der Waals surface area contributed by atoms with Gasteiger partial charge in [-0.15, -0.1) is 0 Å². The number of benzene rings is 2. The molecule has 35 heavy (non-hydrogen) atoms. The van der Waals surface area contributed by atoms with E-state index in [1.54, 1.807) is 48.5 Å². The summed E-state index contributed by atoms with van der Waals surface area (Å²) in [5.41, 5.74) is 1.68. The molecule has 0 atom stereocenters. The summed E-state index contributed by atoms with van der Waals surface area (Å²) < 4.78 is 5.05. The fraction of sp³-hybridized carbons (Fsp3) is 0.208. The van der Waals surface area contributed by atoms with E-state index < -0.39 is 10.8 Å². The second-order valence-electron chi connectivity index (χ2n) is 7.93. The minimum absolute atomic E-state index is 0.0325. The van der Waals surface area contributed by atoms with Crippen LogP contribution >= 0.6 is 12.2 Å². The average Bonchev–Trinajstić information content (AvgIpc) is 3.41. The fourth-order valence-electron chi connectivity index (χ4n) is 3.79. The van der Waals surface area contributed by atoms with Crippen molar-refractivity contribution in [1.29, 1.82) is 0 Å². The third-order valence-electron chi connectivity index (χ3n) is 5.50. The quantitative estimate of drug-likeness (QED) is 0.259. The number of nitro groups is 1. The third kappa shape index (κ3) is 6.01. The molecule has 2 amide bonds. The predicted octanol–water partition coefficient (Wildman–Crippen LogP) is 4.56. The number of furan rings is 1. The van der Waals surface area contributed by atoms with Crippen LogP contribution in [0.2, 0.25) is 0 Å². The summed E-state index contributed by atoms with van der Waals surface area (Å²) in [6, 6.07) is 14.3. The van der Waals surface area contributed by atoms with Crippen LogP contribution in [0.3, 0.4) is 0 Å². The predicted molar refractivity (Wildman–Crippen MR) is 136 cm³/mol. The molecular weight excluding hydrogens is 470 g/mol. The first kappa shape index (κ1) is 23.9. The van der Waals surface area contributed by atoms with Crippen LogP contribution in [0.25, 0.3) is 0 Å². The van der Waals surface area contributed by atoms with Gasteiger partial charge in [0.2, 0.25) is 0 Å². The number of nitro benzene ring substituents is 1. The zero-order chi connectivity index (χ0) is 24.8. The zero-order valence-electron chi connectivity index (χ0n) is 18.7. The van der Waals surface area contributed by atoms with Crippen molar-refractivity contribution in [1.82, 2.24) is 5.32 Å². The van der Waals surface area contributed by atoms with E-state index in [-0.39, 0.29) is 28.0 Å². The van der Waals surface area contributed by atoms with Crippen LogP contribution in [0.15, 0.2) is 65.3 Å². The number of hydrogen-bond acceptors (Lipinski definition) is 7. The lowest BCUT2D eigenvalue weighted by atomic mass is 10.1. The largest absolute Gasteiger partial charge is 0.459 e. The van der Waals surface area contributed by atoms with Crippen LogP contribution < -0.4 is 20.9 Å². The zero-order valence-corrected chi connectivity index (χ0v) is 19.5. The van der Waals surface area contributed by atoms with Gasteiger partial charge in [-0.2, -0.15) is 0 Å². The van der Waals surface area contributed by atoms with Crippen molar-refractivity contribution in [2.45, 2.75) is 19.3 Å². The minimum atomic E-state index is -0.557. The van der Waals surface area contributed by atoms with E-state index in [1.165, 1.54) is 12.3 Å². The number of piperidine rings is 1. The molecule has 0 saturated carbocycles. The van der Waals surface area contributed by atoms with Gasteiger partial charge in [-0.1, -0.05) is 0 Å². The average molecular weight is 494 g/mol. The van der Waals surface area contributed by atoms with Gasteiger partial charge in [-0.3, -0.25) is 25.0 Å². The summed E-state index contributed by atoms with van der Waals surface area (Å²) in [6.07, 6.45) is 4.49.